The number of carbonyl (C=O) groups is 1. The number of alkyl halides is 3. The zero-order valence-electron chi connectivity index (χ0n) is 8.05. The van der Waals surface area contributed by atoms with Crippen molar-refractivity contribution in [3.8, 4) is 0 Å². The van der Waals surface area contributed by atoms with Crippen molar-refractivity contribution >= 4 is 17.9 Å². The molecule has 0 aliphatic heterocycles. The summed E-state index contributed by atoms with van der Waals surface area (Å²) in [5, 5.41) is 0. The number of hydrogen-bond acceptors (Lipinski definition) is 2. The first kappa shape index (κ1) is 12.7. The maximum absolute atomic E-state index is 11.7. The topological polar surface area (TPSA) is 40.4 Å². The van der Waals surface area contributed by atoms with Crippen LogP contribution in [-0.4, -0.2) is 31.2 Å². The van der Waals surface area contributed by atoms with Gasteiger partial charge in [-0.05, 0) is 0 Å². The predicted octanol–water partition coefficient (Wildman–Crippen LogP) is 0.957. The molecule has 0 rings (SSSR count). The van der Waals surface area contributed by atoms with Crippen LogP contribution in [0.1, 0.15) is 13.8 Å². The van der Waals surface area contributed by atoms with Crippen LogP contribution in [0, 0.1) is 5.92 Å². The van der Waals surface area contributed by atoms with Gasteiger partial charge in [0.05, 0.1) is 13.0 Å². The Kier molecular flexibility index (Phi) is 4.37. The van der Waals surface area contributed by atoms with Crippen LogP contribution >= 0.6 is 0 Å². The van der Waals surface area contributed by atoms with Gasteiger partial charge in [0.2, 0.25) is 0 Å². The summed E-state index contributed by atoms with van der Waals surface area (Å²) < 4.78 is 42.5. The molecule has 0 aliphatic carbocycles. The molecule has 0 heterocycles. The highest BCUT2D eigenvalue weighted by Gasteiger charge is 2.33. The van der Waals surface area contributed by atoms with Crippen molar-refractivity contribution in [3.05, 3.63) is 0 Å². The first-order valence-corrected chi connectivity index (χ1v) is 3.85. The van der Waals surface area contributed by atoms with Gasteiger partial charge in [-0.1, -0.05) is 18.5 Å². The van der Waals surface area contributed by atoms with E-state index < -0.39 is 18.1 Å². The smallest absolute Gasteiger partial charge is 0.460 e. The quantitative estimate of drug-likeness (QED) is 0.387. The van der Waals surface area contributed by atoms with Crippen molar-refractivity contribution in [3.63, 3.8) is 0 Å². The lowest BCUT2D eigenvalue weighted by Crippen LogP contribution is -2.26. The average molecular weight is 210 g/mol. The number of nitrogens with zero attached hydrogens (tertiary/aromatic N) is 1. The van der Waals surface area contributed by atoms with Crippen LogP contribution in [0.2, 0.25) is 0 Å². The Bertz CT molecular complexity index is 275. The molecular weight excluding hydrogens is 199 g/mol. The van der Waals surface area contributed by atoms with Gasteiger partial charge in [-0.2, -0.15) is 13.2 Å². The lowest BCUT2D eigenvalue weighted by Gasteiger charge is -1.95. The number of ether oxygens (including phenoxy) is 1. The Morgan fingerprint density at radius 2 is 1.93 bits per heavy atom. The molecule has 0 saturated heterocycles. The molecule has 0 saturated carbocycles. The molecule has 0 atom stereocenters. The van der Waals surface area contributed by atoms with Gasteiger partial charge in [0.25, 0.3) is 0 Å². The van der Waals surface area contributed by atoms with Crippen LogP contribution in [-0.2, 0) is 9.53 Å². The number of hydrogen-bond donors (Lipinski definition) is 0. The van der Waals surface area contributed by atoms with Crippen LogP contribution in [0.3, 0.4) is 0 Å². The van der Waals surface area contributed by atoms with Crippen molar-refractivity contribution in [2.75, 3.05) is 7.11 Å². The van der Waals surface area contributed by atoms with E-state index in [1.807, 2.05) is 0 Å². The Balaban J connectivity index is 5.02. The van der Waals surface area contributed by atoms with Gasteiger partial charge in [0.1, 0.15) is 0 Å². The third-order valence-electron chi connectivity index (χ3n) is 1.29. The summed E-state index contributed by atoms with van der Waals surface area (Å²) in [6, 6.07) is 0. The molecule has 0 bridgehead atoms. The molecule has 0 aromatic carbocycles. The summed E-state index contributed by atoms with van der Waals surface area (Å²) in [6.07, 6.45) is -4.74. The summed E-state index contributed by atoms with van der Waals surface area (Å²) in [6.45, 7) is 3.11. The van der Waals surface area contributed by atoms with Gasteiger partial charge in [-0.3, -0.25) is 0 Å². The second-order valence-electron chi connectivity index (χ2n) is 2.83. The maximum Gasteiger partial charge on any atom is 0.488 e. The molecule has 80 valence electrons. The van der Waals surface area contributed by atoms with E-state index in [1.165, 1.54) is 0 Å². The van der Waals surface area contributed by atoms with Gasteiger partial charge >= 0.3 is 24.1 Å². The largest absolute Gasteiger partial charge is 0.488 e. The second-order valence-corrected chi connectivity index (χ2v) is 2.83. The van der Waals surface area contributed by atoms with Crippen molar-refractivity contribution in [1.29, 1.82) is 0 Å². The highest BCUT2D eigenvalue weighted by atomic mass is 19.4. The minimum Gasteiger partial charge on any atom is -0.460 e. The zero-order chi connectivity index (χ0) is 11.4. The van der Waals surface area contributed by atoms with E-state index in [9.17, 15) is 18.0 Å². The normalized spacial score (nSPS) is 10.8. The second kappa shape index (κ2) is 4.81. The predicted molar refractivity (Wildman–Crippen MR) is 46.1 cm³/mol. The SMILES string of the molecule is COC(=O)C(=[N+]=CC(F)(F)F)C(C)C. The third kappa shape index (κ3) is 4.67. The van der Waals surface area contributed by atoms with Crippen LogP contribution in [0.5, 0.6) is 0 Å². The number of esters is 1. The van der Waals surface area contributed by atoms with Gasteiger partial charge in [0.15, 0.2) is 0 Å². The fourth-order valence-corrected chi connectivity index (χ4v) is 0.685. The summed E-state index contributed by atoms with van der Waals surface area (Å²) in [5.41, 5.74) is -0.246. The van der Waals surface area contributed by atoms with Crippen molar-refractivity contribution in [2.45, 2.75) is 20.0 Å². The van der Waals surface area contributed by atoms with Gasteiger partial charge in [-0.25, -0.2) is 4.79 Å². The van der Waals surface area contributed by atoms with Crippen molar-refractivity contribution in [1.82, 2.24) is 4.67 Å². The van der Waals surface area contributed by atoms with Crippen LogP contribution in [0.4, 0.5) is 13.2 Å². The molecule has 0 aromatic heterocycles. The molecular formula is C8H11F3NO2+. The summed E-state index contributed by atoms with van der Waals surface area (Å²) in [4.78, 5) is 10.9. The molecule has 0 fully saturated rings. The summed E-state index contributed by atoms with van der Waals surface area (Å²) >= 11 is 0. The third-order valence-corrected chi connectivity index (χ3v) is 1.29. The van der Waals surface area contributed by atoms with E-state index in [2.05, 4.69) is 9.40 Å². The number of carbonyl (C=O) groups excluding carboxylic acids is 1. The van der Waals surface area contributed by atoms with Crippen LogP contribution < -0.4 is 4.67 Å². The van der Waals surface area contributed by atoms with E-state index in [0.29, 0.717) is 0 Å². The molecule has 0 spiro atoms. The molecule has 0 amide bonds. The highest BCUT2D eigenvalue weighted by Crippen LogP contribution is 2.08. The standard InChI is InChI=1S/C8H11F3NO2/c1-5(2)6(7(13)14-3)12-4-8(9,10)11/h4-5H,1-3H3/q+1. The van der Waals surface area contributed by atoms with E-state index in [1.54, 1.807) is 13.8 Å². The Morgan fingerprint density at radius 3 is 2.21 bits per heavy atom. The van der Waals surface area contributed by atoms with Crippen molar-refractivity contribution in [2.24, 2.45) is 5.92 Å². The molecule has 0 aliphatic rings. The molecule has 0 aromatic rings. The zero-order valence-corrected chi connectivity index (χ0v) is 8.05. The van der Waals surface area contributed by atoms with Crippen LogP contribution in [0.15, 0.2) is 0 Å². The summed E-state index contributed by atoms with van der Waals surface area (Å²) in [5.74, 6) is -1.26. The number of halogens is 3. The number of rotatable bonds is 2. The van der Waals surface area contributed by atoms with Crippen molar-refractivity contribution < 1.29 is 22.7 Å². The molecule has 6 heteroatoms. The molecule has 0 unspecified atom stereocenters. The summed E-state index contributed by atoms with van der Waals surface area (Å²) in [7, 11) is 1.09. The lowest BCUT2D eigenvalue weighted by molar-refractivity contribution is -0.133. The van der Waals surface area contributed by atoms with E-state index in [-0.39, 0.29) is 11.9 Å². The van der Waals surface area contributed by atoms with Gasteiger partial charge < -0.3 is 4.74 Å². The van der Waals surface area contributed by atoms with E-state index in [0.717, 1.165) is 7.11 Å². The first-order valence-electron chi connectivity index (χ1n) is 3.85. The van der Waals surface area contributed by atoms with E-state index >= 15 is 0 Å². The lowest BCUT2D eigenvalue weighted by atomic mass is 10.1. The Morgan fingerprint density at radius 1 is 1.43 bits per heavy atom. The molecule has 0 N–H and O–H groups in total. The first-order chi connectivity index (χ1) is 6.28. The van der Waals surface area contributed by atoms with Gasteiger partial charge in [0, 0.05) is 0 Å². The maximum atomic E-state index is 11.7. The van der Waals surface area contributed by atoms with E-state index in [4.69, 9.17) is 0 Å². The fourth-order valence-electron chi connectivity index (χ4n) is 0.685. The highest BCUT2D eigenvalue weighted by molar-refractivity contribution is 6.36. The average Bonchev–Trinajstić information content (AvgIpc) is 2.01. The monoisotopic (exact) mass is 210 g/mol. The molecule has 0 radical (unpaired) electrons. The Hall–Kier alpha value is -1.29. The molecule has 3 nitrogen and oxygen atoms in total. The minimum atomic E-state index is -4.52. The van der Waals surface area contributed by atoms with Crippen LogP contribution in [0.25, 0.3) is 0 Å². The molecule has 14 heavy (non-hydrogen) atoms. The minimum absolute atomic E-state index is 0.223. The van der Waals surface area contributed by atoms with Gasteiger partial charge in [-0.15, -0.1) is 0 Å². The fraction of sp³-hybridized carbons (Fsp3) is 0.625. The Labute approximate surface area is 79.3 Å². The number of methoxy groups -OCH3 is 1.